The van der Waals surface area contributed by atoms with Crippen molar-refractivity contribution in [1.82, 2.24) is 4.90 Å². The van der Waals surface area contributed by atoms with E-state index in [9.17, 15) is 14.7 Å². The summed E-state index contributed by atoms with van der Waals surface area (Å²) in [5, 5.41) is 10.3. The molecule has 1 aliphatic carbocycles. The number of fused-ring (bicyclic) bond motifs is 3. The Labute approximate surface area is 192 Å². The molecule has 0 spiro atoms. The SMILES string of the molecule is COC(=O)C[C@@H](O)C(=O)OC1C(OC)=CC2CCCN3CCc4cc5c(cc4[C@H]1C23)OCO5. The molecule has 1 aromatic rings. The summed E-state index contributed by atoms with van der Waals surface area (Å²) in [5.41, 5.74) is 2.17. The highest BCUT2D eigenvalue weighted by Gasteiger charge is 2.50. The zero-order chi connectivity index (χ0) is 23.1. The fourth-order valence-electron chi connectivity index (χ4n) is 5.70. The summed E-state index contributed by atoms with van der Waals surface area (Å²) < 4.78 is 27.4. The highest BCUT2D eigenvalue weighted by Crippen LogP contribution is 2.49. The summed E-state index contributed by atoms with van der Waals surface area (Å²) in [6, 6.07) is 4.15. The number of aliphatic hydroxyl groups is 1. The molecule has 1 aromatic carbocycles. The molecule has 0 aromatic heterocycles. The maximum absolute atomic E-state index is 12.8. The van der Waals surface area contributed by atoms with E-state index in [-0.39, 0.29) is 24.7 Å². The van der Waals surface area contributed by atoms with Gasteiger partial charge in [-0.05, 0) is 61.1 Å². The molecule has 3 aliphatic heterocycles. The Balaban J connectivity index is 1.55. The number of hydrogen-bond donors (Lipinski definition) is 1. The molecule has 1 saturated heterocycles. The van der Waals surface area contributed by atoms with Gasteiger partial charge >= 0.3 is 11.9 Å². The van der Waals surface area contributed by atoms with Crippen LogP contribution in [-0.2, 0) is 30.2 Å². The van der Waals surface area contributed by atoms with E-state index < -0.39 is 30.6 Å². The second kappa shape index (κ2) is 8.87. The molecule has 9 heteroatoms. The van der Waals surface area contributed by atoms with Crippen molar-refractivity contribution in [3.05, 3.63) is 35.1 Å². The third-order valence-electron chi connectivity index (χ3n) is 7.20. The van der Waals surface area contributed by atoms with Gasteiger partial charge in [0, 0.05) is 18.5 Å². The van der Waals surface area contributed by atoms with Crippen molar-refractivity contribution in [2.75, 3.05) is 34.1 Å². The highest BCUT2D eigenvalue weighted by molar-refractivity contribution is 5.81. The van der Waals surface area contributed by atoms with E-state index in [1.165, 1.54) is 7.11 Å². The molecular formula is C24H29NO8. The molecule has 3 unspecified atom stereocenters. The Hall–Kier alpha value is -2.78. The molecule has 0 bridgehead atoms. The molecule has 0 radical (unpaired) electrons. The van der Waals surface area contributed by atoms with Crippen molar-refractivity contribution in [2.45, 2.75) is 49.9 Å². The minimum atomic E-state index is -1.61. The lowest BCUT2D eigenvalue weighted by Crippen LogP contribution is -2.54. The lowest BCUT2D eigenvalue weighted by Gasteiger charge is -2.48. The molecule has 5 atom stereocenters. The summed E-state index contributed by atoms with van der Waals surface area (Å²) in [6.07, 6.45) is 2.20. The molecule has 1 fully saturated rings. The molecule has 3 heterocycles. The van der Waals surface area contributed by atoms with Crippen LogP contribution in [-0.4, -0.2) is 74.3 Å². The Morgan fingerprint density at radius 3 is 2.76 bits per heavy atom. The van der Waals surface area contributed by atoms with Crippen LogP contribution in [0.1, 0.15) is 36.3 Å². The van der Waals surface area contributed by atoms with Crippen molar-refractivity contribution < 1.29 is 38.4 Å². The number of rotatable bonds is 5. The fourth-order valence-corrected chi connectivity index (χ4v) is 5.70. The van der Waals surface area contributed by atoms with Crippen LogP contribution >= 0.6 is 0 Å². The highest BCUT2D eigenvalue weighted by atomic mass is 16.7. The van der Waals surface area contributed by atoms with Gasteiger partial charge in [0.25, 0.3) is 0 Å². The Morgan fingerprint density at radius 2 is 2.00 bits per heavy atom. The molecule has 4 aliphatic rings. The number of piperidine rings is 1. The number of esters is 2. The smallest absolute Gasteiger partial charge is 0.336 e. The fraction of sp³-hybridized carbons (Fsp3) is 0.583. The van der Waals surface area contributed by atoms with Crippen LogP contribution < -0.4 is 9.47 Å². The predicted molar refractivity (Wildman–Crippen MR) is 115 cm³/mol. The topological polar surface area (TPSA) is 104 Å². The summed E-state index contributed by atoms with van der Waals surface area (Å²) in [5.74, 6) is 0.454. The third-order valence-corrected chi connectivity index (χ3v) is 7.20. The standard InChI is InChI=1S/C24H29NO8/c1-29-19-9-14-4-3-6-25-7-5-13-8-17-18(32-12-31-17)10-15(13)21(22(14)25)23(19)33-24(28)16(26)11-20(27)30-2/h8-10,14,16,21-23,26H,3-7,11-12H2,1-2H3/t14?,16-,21+,22?,23?/m1/s1. The maximum Gasteiger partial charge on any atom is 0.336 e. The van der Waals surface area contributed by atoms with Gasteiger partial charge in [0.15, 0.2) is 23.7 Å². The van der Waals surface area contributed by atoms with Gasteiger partial charge in [0.2, 0.25) is 6.79 Å². The van der Waals surface area contributed by atoms with E-state index in [4.69, 9.17) is 18.9 Å². The normalized spacial score (nSPS) is 28.5. The Morgan fingerprint density at radius 1 is 1.21 bits per heavy atom. The van der Waals surface area contributed by atoms with Gasteiger partial charge < -0.3 is 28.8 Å². The van der Waals surface area contributed by atoms with Crippen LogP contribution in [0.15, 0.2) is 24.0 Å². The van der Waals surface area contributed by atoms with E-state index in [2.05, 4.69) is 15.7 Å². The number of nitrogens with zero attached hydrogens (tertiary/aromatic N) is 1. The van der Waals surface area contributed by atoms with Gasteiger partial charge in [0.05, 0.1) is 20.6 Å². The van der Waals surface area contributed by atoms with Crippen molar-refractivity contribution in [3.63, 3.8) is 0 Å². The molecule has 33 heavy (non-hydrogen) atoms. The van der Waals surface area contributed by atoms with E-state index in [1.54, 1.807) is 7.11 Å². The van der Waals surface area contributed by atoms with Gasteiger partial charge in [-0.15, -0.1) is 0 Å². The van der Waals surface area contributed by atoms with Gasteiger partial charge in [-0.1, -0.05) is 0 Å². The average Bonchev–Trinajstić information content (AvgIpc) is 3.22. The van der Waals surface area contributed by atoms with Gasteiger partial charge in [-0.25, -0.2) is 4.79 Å². The first-order valence-electron chi connectivity index (χ1n) is 11.4. The molecule has 1 N–H and O–H groups in total. The molecule has 0 amide bonds. The van der Waals surface area contributed by atoms with Crippen molar-refractivity contribution in [1.29, 1.82) is 0 Å². The van der Waals surface area contributed by atoms with Crippen LogP contribution in [0.2, 0.25) is 0 Å². The number of aliphatic hydroxyl groups excluding tert-OH is 1. The monoisotopic (exact) mass is 459 g/mol. The Bertz CT molecular complexity index is 975. The summed E-state index contributed by atoms with van der Waals surface area (Å²) in [4.78, 5) is 26.8. The summed E-state index contributed by atoms with van der Waals surface area (Å²) in [6.45, 7) is 2.05. The lowest BCUT2D eigenvalue weighted by molar-refractivity contribution is -0.166. The van der Waals surface area contributed by atoms with E-state index in [0.29, 0.717) is 11.5 Å². The number of benzene rings is 1. The number of ether oxygens (including phenoxy) is 5. The van der Waals surface area contributed by atoms with Crippen LogP contribution in [0.25, 0.3) is 0 Å². The molecule has 178 valence electrons. The van der Waals surface area contributed by atoms with Gasteiger partial charge in [-0.2, -0.15) is 0 Å². The zero-order valence-electron chi connectivity index (χ0n) is 18.8. The van der Waals surface area contributed by atoms with Gasteiger partial charge in [-0.3, -0.25) is 9.69 Å². The van der Waals surface area contributed by atoms with Crippen molar-refractivity contribution in [2.24, 2.45) is 5.92 Å². The molecule has 0 saturated carbocycles. The Kier molecular flexibility index (Phi) is 5.92. The minimum absolute atomic E-state index is 0.120. The number of carbonyl (C=O) groups excluding carboxylic acids is 2. The first-order valence-corrected chi connectivity index (χ1v) is 11.4. The predicted octanol–water partition coefficient (Wildman–Crippen LogP) is 1.52. The molecule has 9 nitrogen and oxygen atoms in total. The lowest BCUT2D eigenvalue weighted by atomic mass is 9.71. The number of methoxy groups -OCH3 is 2. The second-order valence-electron chi connectivity index (χ2n) is 8.94. The van der Waals surface area contributed by atoms with Crippen molar-refractivity contribution in [3.8, 4) is 11.5 Å². The largest absolute Gasteiger partial charge is 0.497 e. The van der Waals surface area contributed by atoms with Crippen LogP contribution in [0.5, 0.6) is 11.5 Å². The summed E-state index contributed by atoms with van der Waals surface area (Å²) >= 11 is 0. The quantitative estimate of drug-likeness (QED) is 0.656. The number of carbonyl (C=O) groups is 2. The third kappa shape index (κ3) is 3.93. The van der Waals surface area contributed by atoms with E-state index >= 15 is 0 Å². The van der Waals surface area contributed by atoms with E-state index in [1.807, 2.05) is 12.1 Å². The molecule has 5 rings (SSSR count). The molecular weight excluding hydrogens is 430 g/mol. The zero-order valence-corrected chi connectivity index (χ0v) is 18.8. The minimum Gasteiger partial charge on any atom is -0.497 e. The van der Waals surface area contributed by atoms with Crippen LogP contribution in [0.3, 0.4) is 0 Å². The first-order chi connectivity index (χ1) is 16.0. The van der Waals surface area contributed by atoms with E-state index in [0.717, 1.165) is 49.2 Å². The second-order valence-corrected chi connectivity index (χ2v) is 8.94. The van der Waals surface area contributed by atoms with Crippen molar-refractivity contribution >= 4 is 11.9 Å². The maximum atomic E-state index is 12.8. The first kappa shape index (κ1) is 22.0. The van der Waals surface area contributed by atoms with Crippen LogP contribution in [0.4, 0.5) is 0 Å². The summed E-state index contributed by atoms with van der Waals surface area (Å²) in [7, 11) is 2.77. The average molecular weight is 459 g/mol. The van der Waals surface area contributed by atoms with Crippen LogP contribution in [0, 0.1) is 5.92 Å². The van der Waals surface area contributed by atoms with Gasteiger partial charge in [0.1, 0.15) is 5.76 Å². The number of hydrogen-bond acceptors (Lipinski definition) is 9.